The maximum atomic E-state index is 14.7. The molecule has 9 heteroatoms. The van der Waals surface area contributed by atoms with Crippen molar-refractivity contribution >= 4 is 16.1 Å². The first kappa shape index (κ1) is 16.0. The highest BCUT2D eigenvalue weighted by Crippen LogP contribution is 2.63. The molecule has 4 aliphatic rings. The van der Waals surface area contributed by atoms with E-state index in [9.17, 15) is 26.4 Å². The van der Waals surface area contributed by atoms with Crippen molar-refractivity contribution in [3.8, 4) is 0 Å². The fourth-order valence-corrected chi connectivity index (χ4v) is 5.18. The van der Waals surface area contributed by atoms with Gasteiger partial charge in [-0.15, -0.1) is 0 Å². The lowest BCUT2D eigenvalue weighted by Gasteiger charge is -2.58. The number of halogens is 3. The van der Waals surface area contributed by atoms with Crippen LogP contribution in [0.5, 0.6) is 0 Å². The fraction of sp³-hybridized carbons (Fsp3) is 0.923. The number of hydrogen-bond acceptors (Lipinski definition) is 4. The Kier molecular flexibility index (Phi) is 3.35. The lowest BCUT2D eigenvalue weighted by molar-refractivity contribution is -0.180. The molecule has 0 radical (unpaired) electrons. The van der Waals surface area contributed by atoms with Crippen molar-refractivity contribution in [3.05, 3.63) is 0 Å². The fourth-order valence-electron chi connectivity index (χ4n) is 4.91. The summed E-state index contributed by atoms with van der Waals surface area (Å²) in [5, 5.41) is -5.00. The third-order valence-corrected chi connectivity index (χ3v) is 6.00. The van der Waals surface area contributed by atoms with E-state index in [0.717, 1.165) is 6.42 Å². The molecule has 22 heavy (non-hydrogen) atoms. The lowest BCUT2D eigenvalue weighted by atomic mass is 9.49. The van der Waals surface area contributed by atoms with Crippen LogP contribution in [-0.4, -0.2) is 36.5 Å². The minimum absolute atomic E-state index is 0.151. The van der Waals surface area contributed by atoms with E-state index in [4.69, 9.17) is 4.55 Å². The van der Waals surface area contributed by atoms with Crippen molar-refractivity contribution < 1.29 is 35.7 Å². The molecule has 0 amide bonds. The van der Waals surface area contributed by atoms with E-state index in [2.05, 4.69) is 4.74 Å². The largest absolute Gasteiger partial charge is 0.465 e. The van der Waals surface area contributed by atoms with E-state index in [1.807, 2.05) is 0 Å². The minimum atomic E-state index is -5.87. The van der Waals surface area contributed by atoms with Gasteiger partial charge in [-0.3, -0.25) is 4.55 Å². The van der Waals surface area contributed by atoms with Crippen LogP contribution in [0.15, 0.2) is 0 Å². The zero-order valence-corrected chi connectivity index (χ0v) is 12.5. The molecule has 0 heterocycles. The Balaban J connectivity index is 1.71. The second-order valence-corrected chi connectivity index (χ2v) is 8.64. The number of carbonyl (C=O) groups excluding carboxylic acids is 1. The van der Waals surface area contributed by atoms with Gasteiger partial charge in [0.1, 0.15) is 5.67 Å². The quantitative estimate of drug-likeness (QED) is 0.626. The summed E-state index contributed by atoms with van der Waals surface area (Å²) in [6.45, 7) is -0.435. The topological polar surface area (TPSA) is 80.7 Å². The van der Waals surface area contributed by atoms with Crippen LogP contribution in [0.2, 0.25) is 0 Å². The Bertz CT molecular complexity index is 589. The van der Waals surface area contributed by atoms with Crippen LogP contribution in [-0.2, 0) is 19.6 Å². The summed E-state index contributed by atoms with van der Waals surface area (Å²) in [6.07, 6.45) is 3.17. The third-order valence-electron chi connectivity index (χ3n) is 5.18. The van der Waals surface area contributed by atoms with Gasteiger partial charge < -0.3 is 4.74 Å². The summed E-state index contributed by atoms with van der Waals surface area (Å²) in [5.74, 6) is -1.99. The second kappa shape index (κ2) is 4.59. The number of ether oxygens (including phenoxy) is 1. The maximum Gasteiger partial charge on any atom is 0.465 e. The molecule has 2 atom stereocenters. The Morgan fingerprint density at radius 2 is 1.77 bits per heavy atom. The van der Waals surface area contributed by atoms with Crippen molar-refractivity contribution in [2.75, 3.05) is 6.61 Å². The first-order valence-corrected chi connectivity index (χ1v) is 8.60. The van der Waals surface area contributed by atoms with E-state index in [1.54, 1.807) is 0 Å². The van der Waals surface area contributed by atoms with Crippen LogP contribution < -0.4 is 0 Å². The molecule has 0 aromatic carbocycles. The predicted molar refractivity (Wildman–Crippen MR) is 68.4 cm³/mol. The molecule has 1 N–H and O–H groups in total. The van der Waals surface area contributed by atoms with E-state index in [1.165, 1.54) is 0 Å². The van der Waals surface area contributed by atoms with Gasteiger partial charge >= 0.3 is 21.3 Å². The Morgan fingerprint density at radius 1 is 1.23 bits per heavy atom. The monoisotopic (exact) mass is 342 g/mol. The molecule has 2 unspecified atom stereocenters. The van der Waals surface area contributed by atoms with Gasteiger partial charge in [0, 0.05) is 5.41 Å². The molecule has 4 fully saturated rings. The van der Waals surface area contributed by atoms with Crippen LogP contribution >= 0.6 is 0 Å². The SMILES string of the molecule is O=C(OCC12CC3CC(CC(F)(C3)C1)C2)C(F)(F)S(=O)(=O)O. The van der Waals surface area contributed by atoms with Gasteiger partial charge in [0.2, 0.25) is 0 Å². The van der Waals surface area contributed by atoms with E-state index >= 15 is 0 Å². The number of hydrogen-bond donors (Lipinski definition) is 1. The van der Waals surface area contributed by atoms with E-state index in [-0.39, 0.29) is 18.3 Å². The summed E-state index contributed by atoms with van der Waals surface area (Å²) in [6, 6.07) is 0. The second-order valence-electron chi connectivity index (χ2n) is 7.18. The molecule has 4 rings (SSSR count). The Labute approximate surface area is 126 Å². The summed E-state index contributed by atoms with van der Waals surface area (Å²) in [4.78, 5) is 11.3. The molecule has 0 spiro atoms. The highest BCUT2D eigenvalue weighted by atomic mass is 32.2. The highest BCUT2D eigenvalue weighted by molar-refractivity contribution is 7.87. The predicted octanol–water partition coefficient (Wildman–Crippen LogP) is 2.32. The zero-order valence-electron chi connectivity index (χ0n) is 11.7. The first-order valence-electron chi connectivity index (χ1n) is 7.16. The third kappa shape index (κ3) is 2.51. The summed E-state index contributed by atoms with van der Waals surface area (Å²) >= 11 is 0. The zero-order chi connectivity index (χ0) is 16.4. The minimum Gasteiger partial charge on any atom is -0.460 e. The van der Waals surface area contributed by atoms with Crippen LogP contribution in [0, 0.1) is 17.3 Å². The first-order chi connectivity index (χ1) is 9.95. The molecule has 4 bridgehead atoms. The summed E-state index contributed by atoms with van der Waals surface area (Å²) in [7, 11) is -5.87. The van der Waals surface area contributed by atoms with Crippen molar-refractivity contribution in [2.45, 2.75) is 49.4 Å². The van der Waals surface area contributed by atoms with Crippen LogP contribution in [0.1, 0.15) is 38.5 Å². The number of rotatable bonds is 4. The summed E-state index contributed by atoms with van der Waals surface area (Å²) < 4.78 is 74.9. The van der Waals surface area contributed by atoms with Gasteiger partial charge in [0.05, 0.1) is 6.61 Å². The van der Waals surface area contributed by atoms with Gasteiger partial charge in [0.15, 0.2) is 0 Å². The van der Waals surface area contributed by atoms with Gasteiger partial charge in [-0.25, -0.2) is 9.18 Å². The molecular weight excluding hydrogens is 325 g/mol. The van der Waals surface area contributed by atoms with Gasteiger partial charge in [-0.2, -0.15) is 17.2 Å². The number of esters is 1. The van der Waals surface area contributed by atoms with Gasteiger partial charge in [-0.1, -0.05) is 0 Å². The molecule has 4 saturated carbocycles. The van der Waals surface area contributed by atoms with E-state index < -0.39 is 39.0 Å². The van der Waals surface area contributed by atoms with Crippen molar-refractivity contribution in [1.82, 2.24) is 0 Å². The maximum absolute atomic E-state index is 14.7. The molecule has 126 valence electrons. The van der Waals surface area contributed by atoms with Crippen molar-refractivity contribution in [3.63, 3.8) is 0 Å². The standard InChI is InChI=1S/C13H17F3O5S/c14-12-4-8-1-9(5-12)3-11(2-8,6-12)7-21-10(17)13(15,16)22(18,19)20/h8-9H,1-7H2,(H,18,19,20). The van der Waals surface area contributed by atoms with Crippen LogP contribution in [0.3, 0.4) is 0 Å². The van der Waals surface area contributed by atoms with Gasteiger partial charge in [0.25, 0.3) is 0 Å². The Hall–Kier alpha value is -0.830. The normalized spacial score (nSPS) is 40.7. The molecule has 0 aromatic rings. The van der Waals surface area contributed by atoms with Crippen molar-refractivity contribution in [2.24, 2.45) is 17.3 Å². The lowest BCUT2D eigenvalue weighted by Crippen LogP contribution is -2.55. The van der Waals surface area contributed by atoms with E-state index in [0.29, 0.717) is 25.7 Å². The smallest absolute Gasteiger partial charge is 0.460 e. The molecule has 0 aliphatic heterocycles. The summed E-state index contributed by atoms with van der Waals surface area (Å²) in [5.41, 5.74) is -2.02. The van der Waals surface area contributed by atoms with Crippen LogP contribution in [0.25, 0.3) is 0 Å². The highest BCUT2D eigenvalue weighted by Gasteiger charge is 2.60. The molecule has 0 aromatic heterocycles. The number of carbonyl (C=O) groups is 1. The molecule has 5 nitrogen and oxygen atoms in total. The van der Waals surface area contributed by atoms with Crippen molar-refractivity contribution in [1.29, 1.82) is 0 Å². The van der Waals surface area contributed by atoms with Crippen LogP contribution in [0.4, 0.5) is 13.2 Å². The molecular formula is C13H17F3O5S. The number of alkyl halides is 3. The Morgan fingerprint density at radius 3 is 2.23 bits per heavy atom. The molecule has 0 saturated heterocycles. The average molecular weight is 342 g/mol. The average Bonchev–Trinajstić information content (AvgIpc) is 2.31. The van der Waals surface area contributed by atoms with Gasteiger partial charge in [-0.05, 0) is 50.4 Å². The molecule has 4 aliphatic carbocycles.